The molecule has 1 unspecified atom stereocenters. The van der Waals surface area contributed by atoms with E-state index in [0.29, 0.717) is 24.1 Å². The number of nitrogens with zero attached hydrogens (tertiary/aromatic N) is 4. The number of hydrogen-bond donors (Lipinski definition) is 0. The summed E-state index contributed by atoms with van der Waals surface area (Å²) in [6.45, 7) is -0.0123. The molecule has 1 amide bonds. The minimum Gasteiger partial charge on any atom is -0.329 e. The zero-order valence-corrected chi connectivity index (χ0v) is 17.1. The minimum absolute atomic E-state index is 0.191. The van der Waals surface area contributed by atoms with E-state index in [4.69, 9.17) is 0 Å². The number of amides is 1. The van der Waals surface area contributed by atoms with Crippen LogP contribution < -0.4 is 0 Å². The molecule has 3 heterocycles. The van der Waals surface area contributed by atoms with Crippen molar-refractivity contribution in [1.82, 2.24) is 19.7 Å². The van der Waals surface area contributed by atoms with Crippen LogP contribution >= 0.6 is 0 Å². The fraction of sp³-hybridized carbons (Fsp3) is 0.450. The second-order valence-corrected chi connectivity index (χ2v) is 9.51. The van der Waals surface area contributed by atoms with Gasteiger partial charge in [-0.15, -0.1) is 0 Å². The Morgan fingerprint density at radius 2 is 1.97 bits per heavy atom. The van der Waals surface area contributed by atoms with Crippen LogP contribution in [0.15, 0.2) is 36.0 Å². The third-order valence-electron chi connectivity index (χ3n) is 5.51. The standard InChI is InChI=1S/C20H22F2N4O3S/c21-20(22)19-16-3-1-2-4-17(16)26(24-19)12-18(27)25(11-14-5-8-23-9-6-14)15-7-10-30(28,29)13-15/h5-10,15,20H,1-4,11-13H2. The number of rotatable bonds is 6. The molecule has 10 heteroatoms. The molecule has 0 saturated heterocycles. The first kappa shape index (κ1) is 20.6. The van der Waals surface area contributed by atoms with Crippen molar-refractivity contribution in [2.75, 3.05) is 5.75 Å². The van der Waals surface area contributed by atoms with Gasteiger partial charge < -0.3 is 4.90 Å². The summed E-state index contributed by atoms with van der Waals surface area (Å²) in [5, 5.41) is 5.17. The summed E-state index contributed by atoms with van der Waals surface area (Å²) < 4.78 is 52.1. The SMILES string of the molecule is O=C(Cn1nc(C(F)F)c2c1CCCC2)N(Cc1ccncc1)C1C=CS(=O)(=O)C1. The van der Waals surface area contributed by atoms with Crippen molar-refractivity contribution in [2.24, 2.45) is 0 Å². The Morgan fingerprint density at radius 1 is 1.23 bits per heavy atom. The highest BCUT2D eigenvalue weighted by atomic mass is 32.2. The summed E-state index contributed by atoms with van der Waals surface area (Å²) in [5.74, 6) is -0.557. The van der Waals surface area contributed by atoms with Crippen LogP contribution in [-0.4, -0.2) is 45.8 Å². The molecule has 0 saturated carbocycles. The van der Waals surface area contributed by atoms with Crippen LogP contribution in [0, 0.1) is 0 Å². The average Bonchev–Trinajstić information content (AvgIpc) is 3.27. The molecule has 0 N–H and O–H groups in total. The molecule has 2 aliphatic rings. The minimum atomic E-state index is -3.37. The predicted octanol–water partition coefficient (Wildman–Crippen LogP) is 2.43. The number of sulfone groups is 1. The lowest BCUT2D eigenvalue weighted by molar-refractivity contribution is -0.133. The maximum atomic E-state index is 13.4. The summed E-state index contributed by atoms with van der Waals surface area (Å²) in [5.41, 5.74) is 1.78. The van der Waals surface area contributed by atoms with Crippen LogP contribution in [0.2, 0.25) is 0 Å². The van der Waals surface area contributed by atoms with Crippen LogP contribution in [0.3, 0.4) is 0 Å². The lowest BCUT2D eigenvalue weighted by Crippen LogP contribution is -2.42. The van der Waals surface area contributed by atoms with Crippen LogP contribution in [0.5, 0.6) is 0 Å². The molecule has 30 heavy (non-hydrogen) atoms. The van der Waals surface area contributed by atoms with E-state index in [1.54, 1.807) is 24.5 Å². The van der Waals surface area contributed by atoms with E-state index in [-0.39, 0.29) is 30.4 Å². The van der Waals surface area contributed by atoms with Gasteiger partial charge in [-0.05, 0) is 49.5 Å². The number of fused-ring (bicyclic) bond motifs is 1. The highest BCUT2D eigenvalue weighted by molar-refractivity contribution is 7.94. The first-order valence-corrected chi connectivity index (χ1v) is 11.5. The number of halogens is 2. The average molecular weight is 436 g/mol. The summed E-state index contributed by atoms with van der Waals surface area (Å²) >= 11 is 0. The van der Waals surface area contributed by atoms with Crippen molar-refractivity contribution >= 4 is 15.7 Å². The van der Waals surface area contributed by atoms with Crippen molar-refractivity contribution in [2.45, 2.75) is 51.2 Å². The number of aromatic nitrogens is 3. The van der Waals surface area contributed by atoms with Crippen LogP contribution in [0.25, 0.3) is 0 Å². The molecule has 4 rings (SSSR count). The molecule has 0 radical (unpaired) electrons. The zero-order chi connectivity index (χ0) is 21.3. The molecule has 0 spiro atoms. The number of pyridine rings is 1. The van der Waals surface area contributed by atoms with Gasteiger partial charge in [-0.2, -0.15) is 5.10 Å². The summed E-state index contributed by atoms with van der Waals surface area (Å²) in [4.78, 5) is 18.6. The molecule has 1 aliphatic carbocycles. The Kier molecular flexibility index (Phi) is 5.68. The molecule has 1 atom stereocenters. The topological polar surface area (TPSA) is 85.2 Å². The maximum Gasteiger partial charge on any atom is 0.282 e. The van der Waals surface area contributed by atoms with Gasteiger partial charge in [0.15, 0.2) is 9.84 Å². The van der Waals surface area contributed by atoms with Gasteiger partial charge >= 0.3 is 0 Å². The summed E-state index contributed by atoms with van der Waals surface area (Å²) in [6.07, 6.45) is 4.82. The van der Waals surface area contributed by atoms with Crippen molar-refractivity contribution in [1.29, 1.82) is 0 Å². The Balaban J connectivity index is 1.62. The smallest absolute Gasteiger partial charge is 0.282 e. The number of carbonyl (C=O) groups excluding carboxylic acids is 1. The van der Waals surface area contributed by atoms with Crippen LogP contribution in [-0.2, 0) is 40.6 Å². The molecule has 0 bridgehead atoms. The van der Waals surface area contributed by atoms with E-state index < -0.39 is 22.3 Å². The predicted molar refractivity (Wildman–Crippen MR) is 105 cm³/mol. The lowest BCUT2D eigenvalue weighted by Gasteiger charge is -2.28. The van der Waals surface area contributed by atoms with E-state index in [0.717, 1.165) is 23.8 Å². The monoisotopic (exact) mass is 436 g/mol. The molecule has 1 aliphatic heterocycles. The van der Waals surface area contributed by atoms with E-state index in [1.807, 2.05) is 0 Å². The van der Waals surface area contributed by atoms with Crippen LogP contribution in [0.1, 0.15) is 41.8 Å². The largest absolute Gasteiger partial charge is 0.329 e. The number of hydrogen-bond acceptors (Lipinski definition) is 5. The fourth-order valence-electron chi connectivity index (χ4n) is 4.05. The van der Waals surface area contributed by atoms with E-state index in [2.05, 4.69) is 10.1 Å². The molecule has 2 aromatic rings. The normalized spacial score (nSPS) is 19.8. The van der Waals surface area contributed by atoms with Gasteiger partial charge in [-0.1, -0.05) is 0 Å². The summed E-state index contributed by atoms with van der Waals surface area (Å²) in [7, 11) is -3.37. The Bertz CT molecular complexity index is 1070. The fourth-order valence-corrected chi connectivity index (χ4v) is 5.35. The van der Waals surface area contributed by atoms with Gasteiger partial charge in [-0.25, -0.2) is 17.2 Å². The third-order valence-corrected chi connectivity index (χ3v) is 6.89. The Morgan fingerprint density at radius 3 is 2.63 bits per heavy atom. The van der Waals surface area contributed by atoms with E-state index >= 15 is 0 Å². The molecule has 2 aromatic heterocycles. The van der Waals surface area contributed by atoms with Crippen molar-refractivity contribution in [3.8, 4) is 0 Å². The summed E-state index contributed by atoms with van der Waals surface area (Å²) in [6, 6.07) is 2.88. The molecule has 0 fully saturated rings. The first-order valence-electron chi connectivity index (χ1n) is 9.80. The Labute approximate surface area is 173 Å². The molecule has 160 valence electrons. The van der Waals surface area contributed by atoms with Gasteiger partial charge in [0.2, 0.25) is 5.91 Å². The third kappa shape index (κ3) is 4.28. The van der Waals surface area contributed by atoms with Gasteiger partial charge in [0.25, 0.3) is 6.43 Å². The van der Waals surface area contributed by atoms with Crippen LogP contribution in [0.4, 0.5) is 8.78 Å². The van der Waals surface area contributed by atoms with Gasteiger partial charge in [0.1, 0.15) is 12.2 Å². The lowest BCUT2D eigenvalue weighted by atomic mass is 9.96. The van der Waals surface area contributed by atoms with Gasteiger partial charge in [0.05, 0.1) is 11.8 Å². The highest BCUT2D eigenvalue weighted by Gasteiger charge is 2.32. The highest BCUT2D eigenvalue weighted by Crippen LogP contribution is 2.30. The maximum absolute atomic E-state index is 13.4. The number of alkyl halides is 2. The zero-order valence-electron chi connectivity index (χ0n) is 16.2. The second kappa shape index (κ2) is 8.25. The second-order valence-electron chi connectivity index (χ2n) is 7.58. The van der Waals surface area contributed by atoms with Gasteiger partial charge in [-0.3, -0.25) is 14.5 Å². The van der Waals surface area contributed by atoms with Crippen molar-refractivity contribution in [3.63, 3.8) is 0 Å². The van der Waals surface area contributed by atoms with Crippen molar-refractivity contribution < 1.29 is 22.0 Å². The quantitative estimate of drug-likeness (QED) is 0.694. The Hall–Kier alpha value is -2.62. The number of carbonyl (C=O) groups is 1. The van der Waals surface area contributed by atoms with E-state index in [1.165, 1.54) is 15.7 Å². The molecule has 7 nitrogen and oxygen atoms in total. The molecule has 0 aromatic carbocycles. The van der Waals surface area contributed by atoms with Crippen molar-refractivity contribution in [3.05, 3.63) is 58.5 Å². The first-order chi connectivity index (χ1) is 14.3. The van der Waals surface area contributed by atoms with E-state index in [9.17, 15) is 22.0 Å². The van der Waals surface area contributed by atoms with Gasteiger partial charge in [0, 0.05) is 35.6 Å². The molecular formula is C20H22F2N4O3S. The molecular weight excluding hydrogens is 414 g/mol.